The number of benzene rings is 1. The SMILES string of the molecule is CC(=O)Nc1ccc2s[nH]c(=O)c2c1. The number of anilines is 1. The fourth-order valence-corrected chi connectivity index (χ4v) is 1.94. The third kappa shape index (κ3) is 1.54. The number of hydrogen-bond donors (Lipinski definition) is 2. The third-order valence-corrected chi connectivity index (χ3v) is 2.66. The van der Waals surface area contributed by atoms with Crippen LogP contribution >= 0.6 is 11.5 Å². The summed E-state index contributed by atoms with van der Waals surface area (Å²) in [5.74, 6) is -0.143. The quantitative estimate of drug-likeness (QED) is 0.746. The first-order valence-electron chi connectivity index (χ1n) is 4.05. The van der Waals surface area contributed by atoms with E-state index in [1.165, 1.54) is 18.5 Å². The van der Waals surface area contributed by atoms with E-state index >= 15 is 0 Å². The zero-order valence-electron chi connectivity index (χ0n) is 7.46. The maximum atomic E-state index is 11.3. The summed E-state index contributed by atoms with van der Waals surface area (Å²) in [6.45, 7) is 1.43. The number of amides is 1. The molecular formula is C9H8N2O2S. The van der Waals surface area contributed by atoms with Crippen LogP contribution in [0.5, 0.6) is 0 Å². The summed E-state index contributed by atoms with van der Waals surface area (Å²) in [5.41, 5.74) is 0.533. The van der Waals surface area contributed by atoms with E-state index < -0.39 is 0 Å². The Kier molecular flexibility index (Phi) is 2.09. The van der Waals surface area contributed by atoms with Crippen LogP contribution in [-0.2, 0) is 4.79 Å². The summed E-state index contributed by atoms with van der Waals surface area (Å²) in [5, 5.41) is 3.24. The first-order chi connectivity index (χ1) is 6.66. The third-order valence-electron chi connectivity index (χ3n) is 1.80. The zero-order valence-corrected chi connectivity index (χ0v) is 8.27. The van der Waals surface area contributed by atoms with Gasteiger partial charge in [0.25, 0.3) is 5.56 Å². The van der Waals surface area contributed by atoms with Crippen LogP contribution in [0.15, 0.2) is 23.0 Å². The van der Waals surface area contributed by atoms with Gasteiger partial charge in [0.15, 0.2) is 0 Å². The summed E-state index contributed by atoms with van der Waals surface area (Å²) in [7, 11) is 0. The number of nitrogens with one attached hydrogen (secondary N) is 2. The Morgan fingerprint density at radius 2 is 2.29 bits per heavy atom. The summed E-state index contributed by atoms with van der Waals surface area (Å²) in [4.78, 5) is 22.0. The van der Waals surface area contributed by atoms with E-state index in [-0.39, 0.29) is 11.5 Å². The Bertz CT molecular complexity index is 541. The van der Waals surface area contributed by atoms with Gasteiger partial charge in [-0.2, -0.15) is 0 Å². The van der Waals surface area contributed by atoms with Crippen molar-refractivity contribution in [3.63, 3.8) is 0 Å². The fraction of sp³-hybridized carbons (Fsp3) is 0.111. The number of H-pyrrole nitrogens is 1. The molecule has 72 valence electrons. The predicted molar refractivity (Wildman–Crippen MR) is 56.7 cm³/mol. The van der Waals surface area contributed by atoms with Crippen LogP contribution in [0.2, 0.25) is 0 Å². The van der Waals surface area contributed by atoms with Crippen LogP contribution < -0.4 is 10.9 Å². The lowest BCUT2D eigenvalue weighted by Gasteiger charge is -1.99. The van der Waals surface area contributed by atoms with Crippen molar-refractivity contribution in [2.75, 3.05) is 5.32 Å². The highest BCUT2D eigenvalue weighted by Gasteiger charge is 2.02. The van der Waals surface area contributed by atoms with Gasteiger partial charge in [-0.1, -0.05) is 11.5 Å². The molecule has 2 N–H and O–H groups in total. The fourth-order valence-electron chi connectivity index (χ4n) is 1.23. The number of rotatable bonds is 1. The molecule has 0 atom stereocenters. The highest BCUT2D eigenvalue weighted by atomic mass is 32.1. The second-order valence-electron chi connectivity index (χ2n) is 2.93. The summed E-state index contributed by atoms with van der Waals surface area (Å²) in [6, 6.07) is 5.25. The van der Waals surface area contributed by atoms with Crippen LogP contribution in [0.1, 0.15) is 6.92 Å². The molecule has 0 bridgehead atoms. The van der Waals surface area contributed by atoms with Gasteiger partial charge in [0.1, 0.15) is 0 Å². The van der Waals surface area contributed by atoms with E-state index in [0.29, 0.717) is 11.1 Å². The zero-order chi connectivity index (χ0) is 10.1. The van der Waals surface area contributed by atoms with Gasteiger partial charge in [0.05, 0.1) is 10.1 Å². The normalized spacial score (nSPS) is 10.4. The van der Waals surface area contributed by atoms with Gasteiger partial charge in [-0.15, -0.1) is 0 Å². The van der Waals surface area contributed by atoms with Crippen molar-refractivity contribution in [1.82, 2.24) is 4.37 Å². The van der Waals surface area contributed by atoms with Gasteiger partial charge in [-0.3, -0.25) is 14.0 Å². The van der Waals surface area contributed by atoms with Crippen LogP contribution in [0, 0.1) is 0 Å². The Morgan fingerprint density at radius 1 is 1.50 bits per heavy atom. The van der Waals surface area contributed by atoms with E-state index in [9.17, 15) is 9.59 Å². The molecule has 0 radical (unpaired) electrons. The molecule has 0 aliphatic rings. The van der Waals surface area contributed by atoms with Crippen LogP contribution in [0.3, 0.4) is 0 Å². The lowest BCUT2D eigenvalue weighted by molar-refractivity contribution is -0.114. The van der Waals surface area contributed by atoms with Gasteiger partial charge in [-0.05, 0) is 18.2 Å². The number of fused-ring (bicyclic) bond motifs is 1. The van der Waals surface area contributed by atoms with E-state index in [0.717, 1.165) is 4.70 Å². The second kappa shape index (κ2) is 3.26. The van der Waals surface area contributed by atoms with Gasteiger partial charge < -0.3 is 5.32 Å². The lowest BCUT2D eigenvalue weighted by Crippen LogP contribution is -2.06. The average molecular weight is 208 g/mol. The molecular weight excluding hydrogens is 200 g/mol. The molecule has 1 heterocycles. The number of aromatic nitrogens is 1. The standard InChI is InChI=1S/C9H8N2O2S/c1-5(12)10-6-2-3-8-7(4-6)9(13)11-14-8/h2-4H,1H3,(H,10,12)(H,11,13). The number of carbonyl (C=O) groups is 1. The lowest BCUT2D eigenvalue weighted by atomic mass is 10.2. The largest absolute Gasteiger partial charge is 0.326 e. The molecule has 2 rings (SSSR count). The topological polar surface area (TPSA) is 62.0 Å². The minimum Gasteiger partial charge on any atom is -0.326 e. The van der Waals surface area contributed by atoms with Crippen molar-refractivity contribution >= 4 is 33.2 Å². The van der Waals surface area contributed by atoms with Gasteiger partial charge in [-0.25, -0.2) is 0 Å². The Labute approximate surface area is 83.7 Å². The maximum absolute atomic E-state index is 11.3. The number of aromatic amines is 1. The van der Waals surface area contributed by atoms with E-state index in [1.807, 2.05) is 6.07 Å². The van der Waals surface area contributed by atoms with E-state index in [1.54, 1.807) is 12.1 Å². The first kappa shape index (κ1) is 8.96. The predicted octanol–water partition coefficient (Wildman–Crippen LogP) is 1.55. The van der Waals surface area contributed by atoms with Gasteiger partial charge in [0, 0.05) is 12.6 Å². The van der Waals surface area contributed by atoms with Crippen molar-refractivity contribution in [3.8, 4) is 0 Å². The molecule has 1 aromatic carbocycles. The molecule has 0 spiro atoms. The molecule has 1 amide bonds. The minimum atomic E-state index is -0.143. The van der Waals surface area contributed by atoms with Crippen molar-refractivity contribution in [2.45, 2.75) is 6.92 Å². The molecule has 1 aromatic heterocycles. The summed E-state index contributed by atoms with van der Waals surface area (Å²) < 4.78 is 3.52. The molecule has 0 saturated carbocycles. The highest BCUT2D eigenvalue weighted by molar-refractivity contribution is 7.13. The Morgan fingerprint density at radius 3 is 3.00 bits per heavy atom. The van der Waals surface area contributed by atoms with E-state index in [4.69, 9.17) is 0 Å². The highest BCUT2D eigenvalue weighted by Crippen LogP contribution is 2.18. The smallest absolute Gasteiger partial charge is 0.265 e. The maximum Gasteiger partial charge on any atom is 0.265 e. The molecule has 5 heteroatoms. The van der Waals surface area contributed by atoms with Crippen LogP contribution in [-0.4, -0.2) is 10.3 Å². The summed E-state index contributed by atoms with van der Waals surface area (Å²) in [6.07, 6.45) is 0. The first-order valence-corrected chi connectivity index (χ1v) is 4.87. The number of carbonyl (C=O) groups excluding carboxylic acids is 1. The Balaban J connectivity index is 2.54. The minimum absolute atomic E-state index is 0.114. The molecule has 0 fully saturated rings. The van der Waals surface area contributed by atoms with E-state index in [2.05, 4.69) is 9.69 Å². The van der Waals surface area contributed by atoms with Crippen molar-refractivity contribution in [1.29, 1.82) is 0 Å². The monoisotopic (exact) mass is 208 g/mol. The molecule has 0 aliphatic carbocycles. The van der Waals surface area contributed by atoms with Crippen molar-refractivity contribution in [3.05, 3.63) is 28.6 Å². The molecule has 14 heavy (non-hydrogen) atoms. The number of hydrogen-bond acceptors (Lipinski definition) is 3. The van der Waals surface area contributed by atoms with Gasteiger partial charge >= 0.3 is 0 Å². The van der Waals surface area contributed by atoms with Gasteiger partial charge in [0.2, 0.25) is 5.91 Å². The van der Waals surface area contributed by atoms with Crippen LogP contribution in [0.4, 0.5) is 5.69 Å². The second-order valence-corrected chi connectivity index (χ2v) is 3.77. The molecule has 0 unspecified atom stereocenters. The molecule has 0 saturated heterocycles. The van der Waals surface area contributed by atoms with Crippen LogP contribution in [0.25, 0.3) is 10.1 Å². The molecule has 0 aliphatic heterocycles. The average Bonchev–Trinajstić information content (AvgIpc) is 2.47. The Hall–Kier alpha value is -1.62. The van der Waals surface area contributed by atoms with Crippen molar-refractivity contribution in [2.24, 2.45) is 0 Å². The molecule has 4 nitrogen and oxygen atoms in total. The molecule has 2 aromatic rings. The summed E-state index contributed by atoms with van der Waals surface area (Å²) >= 11 is 1.29. The van der Waals surface area contributed by atoms with Crippen molar-refractivity contribution < 1.29 is 4.79 Å².